The Balaban J connectivity index is 2.30. The fourth-order valence-electron chi connectivity index (χ4n) is 1.59. The van der Waals surface area contributed by atoms with Gasteiger partial charge in [-0.3, -0.25) is 4.98 Å². The molecule has 0 aliphatic carbocycles. The van der Waals surface area contributed by atoms with E-state index in [1.807, 2.05) is 19.2 Å². The van der Waals surface area contributed by atoms with Crippen LogP contribution in [0.25, 0.3) is 11.0 Å². The van der Waals surface area contributed by atoms with Crippen molar-refractivity contribution in [1.29, 1.82) is 0 Å². The van der Waals surface area contributed by atoms with E-state index in [4.69, 9.17) is 4.74 Å². The number of rotatable bonds is 5. The van der Waals surface area contributed by atoms with E-state index in [0.717, 1.165) is 35.6 Å². The quantitative estimate of drug-likeness (QED) is 0.760. The first-order valence-electron chi connectivity index (χ1n) is 5.52. The zero-order valence-corrected chi connectivity index (χ0v) is 10.0. The fraction of sp³-hybridized carbons (Fsp3) is 0.333. The van der Waals surface area contributed by atoms with Gasteiger partial charge >= 0.3 is 0 Å². The van der Waals surface area contributed by atoms with Crippen LogP contribution in [0, 0.1) is 0 Å². The highest BCUT2D eigenvalue weighted by Crippen LogP contribution is 2.22. The highest BCUT2D eigenvalue weighted by molar-refractivity contribution is 5.87. The lowest BCUT2D eigenvalue weighted by atomic mass is 10.2. The minimum Gasteiger partial charge on any atom is -0.495 e. The molecule has 0 unspecified atom stereocenters. The summed E-state index contributed by atoms with van der Waals surface area (Å²) in [6.45, 7) is 1.75. The lowest BCUT2D eigenvalue weighted by Gasteiger charge is -2.08. The smallest absolute Gasteiger partial charge is 0.139 e. The molecule has 5 nitrogen and oxygen atoms in total. The maximum atomic E-state index is 5.13. The minimum absolute atomic E-state index is 0.720. The predicted molar refractivity (Wildman–Crippen MR) is 68.5 cm³/mol. The van der Waals surface area contributed by atoms with Crippen LogP contribution >= 0.6 is 0 Å². The van der Waals surface area contributed by atoms with E-state index >= 15 is 0 Å². The second-order valence-corrected chi connectivity index (χ2v) is 3.63. The molecule has 0 atom stereocenters. The number of hydrogen-bond donors (Lipinski definition) is 2. The molecule has 0 aromatic carbocycles. The summed E-state index contributed by atoms with van der Waals surface area (Å²) < 4.78 is 5.13. The molecule has 2 heterocycles. The molecule has 0 aliphatic heterocycles. The molecule has 2 aromatic heterocycles. The van der Waals surface area contributed by atoms with E-state index in [-0.39, 0.29) is 0 Å². The molecule has 0 radical (unpaired) electrons. The number of methoxy groups -OCH3 is 1. The van der Waals surface area contributed by atoms with Crippen LogP contribution in [0.5, 0.6) is 5.75 Å². The molecule has 2 aromatic rings. The highest BCUT2D eigenvalue weighted by atomic mass is 16.5. The summed E-state index contributed by atoms with van der Waals surface area (Å²) in [7, 11) is 3.55. The standard InChI is InChI=1S/C12H16N4O/c1-13-5-6-15-10-3-4-14-11-7-9(17-2)8-16-12(10)11/h3-4,7-8,13H,5-6H2,1-2H3,(H,14,15). The average Bonchev–Trinajstić information content (AvgIpc) is 2.38. The van der Waals surface area contributed by atoms with Crippen molar-refractivity contribution in [1.82, 2.24) is 15.3 Å². The molecule has 0 saturated carbocycles. The minimum atomic E-state index is 0.720. The predicted octanol–water partition coefficient (Wildman–Crippen LogP) is 1.27. The Morgan fingerprint density at radius 1 is 1.29 bits per heavy atom. The fourth-order valence-corrected chi connectivity index (χ4v) is 1.59. The summed E-state index contributed by atoms with van der Waals surface area (Å²) in [6, 6.07) is 3.81. The van der Waals surface area contributed by atoms with Gasteiger partial charge in [-0.25, -0.2) is 4.98 Å². The van der Waals surface area contributed by atoms with Gasteiger partial charge in [0.15, 0.2) is 0 Å². The number of likely N-dealkylation sites (N-methyl/N-ethyl adjacent to an activating group) is 1. The molecule has 0 bridgehead atoms. The molecule has 0 spiro atoms. The first-order valence-corrected chi connectivity index (χ1v) is 5.52. The summed E-state index contributed by atoms with van der Waals surface area (Å²) in [4.78, 5) is 8.64. The third kappa shape index (κ3) is 2.62. The van der Waals surface area contributed by atoms with E-state index in [1.54, 1.807) is 19.5 Å². The lowest BCUT2D eigenvalue weighted by molar-refractivity contribution is 0.413. The Morgan fingerprint density at radius 2 is 2.18 bits per heavy atom. The Labute approximate surface area is 100 Å². The van der Waals surface area contributed by atoms with Gasteiger partial charge in [0.05, 0.1) is 24.5 Å². The molecule has 17 heavy (non-hydrogen) atoms. The van der Waals surface area contributed by atoms with Gasteiger partial charge in [0.2, 0.25) is 0 Å². The summed E-state index contributed by atoms with van der Waals surface area (Å²) in [5.41, 5.74) is 2.69. The third-order valence-electron chi connectivity index (χ3n) is 2.48. The molecule has 90 valence electrons. The number of pyridine rings is 2. The van der Waals surface area contributed by atoms with Crippen molar-refractivity contribution in [2.24, 2.45) is 0 Å². The number of aromatic nitrogens is 2. The number of fused-ring (bicyclic) bond motifs is 1. The largest absolute Gasteiger partial charge is 0.495 e. The van der Waals surface area contributed by atoms with Crippen LogP contribution in [-0.4, -0.2) is 37.2 Å². The van der Waals surface area contributed by atoms with Crippen LogP contribution in [0.2, 0.25) is 0 Å². The second kappa shape index (κ2) is 5.45. The number of hydrogen-bond acceptors (Lipinski definition) is 5. The molecule has 0 amide bonds. The topological polar surface area (TPSA) is 59.1 Å². The SMILES string of the molecule is CNCCNc1ccnc2cc(OC)cnc12. The van der Waals surface area contributed by atoms with Gasteiger partial charge in [0, 0.05) is 25.4 Å². The van der Waals surface area contributed by atoms with Crippen molar-refractivity contribution in [2.75, 3.05) is 32.6 Å². The van der Waals surface area contributed by atoms with Crippen LogP contribution in [-0.2, 0) is 0 Å². The maximum absolute atomic E-state index is 5.13. The lowest BCUT2D eigenvalue weighted by Crippen LogP contribution is -2.17. The van der Waals surface area contributed by atoms with Gasteiger partial charge in [-0.1, -0.05) is 0 Å². The molecule has 0 fully saturated rings. The third-order valence-corrected chi connectivity index (χ3v) is 2.48. The van der Waals surface area contributed by atoms with Gasteiger partial charge in [-0.2, -0.15) is 0 Å². The summed E-state index contributed by atoms with van der Waals surface area (Å²) in [5, 5.41) is 6.41. The molecule has 2 rings (SSSR count). The summed E-state index contributed by atoms with van der Waals surface area (Å²) in [5.74, 6) is 0.720. The van der Waals surface area contributed by atoms with Crippen LogP contribution in [0.15, 0.2) is 24.5 Å². The Bertz CT molecular complexity index is 501. The van der Waals surface area contributed by atoms with Gasteiger partial charge < -0.3 is 15.4 Å². The van der Waals surface area contributed by atoms with E-state index in [2.05, 4.69) is 20.6 Å². The van der Waals surface area contributed by atoms with E-state index < -0.39 is 0 Å². The van der Waals surface area contributed by atoms with Crippen molar-refractivity contribution < 1.29 is 4.74 Å². The van der Waals surface area contributed by atoms with E-state index in [9.17, 15) is 0 Å². The molecule has 0 saturated heterocycles. The Kier molecular flexibility index (Phi) is 3.72. The number of ether oxygens (including phenoxy) is 1. The van der Waals surface area contributed by atoms with Gasteiger partial charge in [-0.15, -0.1) is 0 Å². The van der Waals surface area contributed by atoms with Gasteiger partial charge in [0.1, 0.15) is 11.3 Å². The van der Waals surface area contributed by atoms with Crippen molar-refractivity contribution in [3.63, 3.8) is 0 Å². The zero-order chi connectivity index (χ0) is 12.1. The first kappa shape index (κ1) is 11.6. The molecule has 2 N–H and O–H groups in total. The van der Waals surface area contributed by atoms with Gasteiger partial charge in [-0.05, 0) is 13.1 Å². The summed E-state index contributed by atoms with van der Waals surface area (Å²) >= 11 is 0. The zero-order valence-electron chi connectivity index (χ0n) is 10.0. The van der Waals surface area contributed by atoms with Crippen LogP contribution in [0.1, 0.15) is 0 Å². The number of nitrogens with zero attached hydrogens (tertiary/aromatic N) is 2. The Morgan fingerprint density at radius 3 is 2.94 bits per heavy atom. The van der Waals surface area contributed by atoms with Crippen LogP contribution in [0.4, 0.5) is 5.69 Å². The average molecular weight is 232 g/mol. The van der Waals surface area contributed by atoms with Gasteiger partial charge in [0.25, 0.3) is 0 Å². The van der Waals surface area contributed by atoms with E-state index in [0.29, 0.717) is 0 Å². The van der Waals surface area contributed by atoms with E-state index in [1.165, 1.54) is 0 Å². The van der Waals surface area contributed by atoms with Crippen molar-refractivity contribution in [3.05, 3.63) is 24.5 Å². The Hall–Kier alpha value is -1.88. The number of nitrogens with one attached hydrogen (secondary N) is 2. The van der Waals surface area contributed by atoms with Crippen molar-refractivity contribution in [3.8, 4) is 5.75 Å². The monoisotopic (exact) mass is 232 g/mol. The molecular formula is C12H16N4O. The van der Waals surface area contributed by atoms with Crippen molar-refractivity contribution >= 4 is 16.7 Å². The van der Waals surface area contributed by atoms with Crippen molar-refractivity contribution in [2.45, 2.75) is 0 Å². The maximum Gasteiger partial charge on any atom is 0.139 e. The molecule has 0 aliphatic rings. The first-order chi connectivity index (χ1) is 8.35. The summed E-state index contributed by atoms with van der Waals surface area (Å²) in [6.07, 6.45) is 3.47. The molecule has 5 heteroatoms. The number of anilines is 1. The van der Waals surface area contributed by atoms with Crippen LogP contribution < -0.4 is 15.4 Å². The highest BCUT2D eigenvalue weighted by Gasteiger charge is 2.04. The normalized spacial score (nSPS) is 10.5. The second-order valence-electron chi connectivity index (χ2n) is 3.63. The van der Waals surface area contributed by atoms with Crippen LogP contribution in [0.3, 0.4) is 0 Å². The molecular weight excluding hydrogens is 216 g/mol.